The van der Waals surface area contributed by atoms with Gasteiger partial charge in [0, 0.05) is 11.1 Å². The van der Waals surface area contributed by atoms with Gasteiger partial charge in [0.05, 0.1) is 11.3 Å². The Morgan fingerprint density at radius 1 is 1.21 bits per heavy atom. The number of hydrogen-bond acceptors (Lipinski definition) is 5. The molecule has 0 saturated carbocycles. The summed E-state index contributed by atoms with van der Waals surface area (Å²) in [6, 6.07) is 13.1. The van der Waals surface area contributed by atoms with Crippen LogP contribution < -0.4 is 5.73 Å². The lowest BCUT2D eigenvalue weighted by atomic mass is 10.2. The van der Waals surface area contributed by atoms with Crippen molar-refractivity contribution >= 4 is 23.1 Å². The second kappa shape index (κ2) is 4.63. The maximum atomic E-state index is 8.84. The molecule has 0 aliphatic heterocycles. The molecular formula is C13H9N5S. The molecular weight excluding hydrogens is 258 g/mol. The Morgan fingerprint density at radius 3 is 2.89 bits per heavy atom. The van der Waals surface area contributed by atoms with Crippen LogP contribution in [0.3, 0.4) is 0 Å². The molecule has 0 saturated heterocycles. The van der Waals surface area contributed by atoms with E-state index in [9.17, 15) is 0 Å². The van der Waals surface area contributed by atoms with Crippen LogP contribution in [0.4, 0.5) is 5.69 Å². The van der Waals surface area contributed by atoms with Crippen LogP contribution in [-0.2, 0) is 0 Å². The molecule has 19 heavy (non-hydrogen) atoms. The Bertz CT molecular complexity index is 787. The van der Waals surface area contributed by atoms with Gasteiger partial charge in [-0.3, -0.25) is 4.40 Å². The summed E-state index contributed by atoms with van der Waals surface area (Å²) in [5.74, 6) is 0. The lowest BCUT2D eigenvalue weighted by molar-refractivity contribution is 0.921. The molecule has 1 aromatic carbocycles. The fourth-order valence-corrected chi connectivity index (χ4v) is 2.57. The molecule has 2 aromatic heterocycles. The molecule has 0 bridgehead atoms. The molecule has 6 heteroatoms. The van der Waals surface area contributed by atoms with E-state index in [1.165, 1.54) is 11.8 Å². The molecule has 3 rings (SSSR count). The van der Waals surface area contributed by atoms with Crippen molar-refractivity contribution < 1.29 is 0 Å². The third kappa shape index (κ3) is 2.11. The summed E-state index contributed by atoms with van der Waals surface area (Å²) in [6.45, 7) is 0. The number of nitrogens with two attached hydrogens (primary N) is 1. The Morgan fingerprint density at radius 2 is 2.11 bits per heavy atom. The van der Waals surface area contributed by atoms with Crippen molar-refractivity contribution in [1.29, 1.82) is 5.26 Å². The largest absolute Gasteiger partial charge is 0.398 e. The highest BCUT2D eigenvalue weighted by Crippen LogP contribution is 2.28. The van der Waals surface area contributed by atoms with Crippen LogP contribution in [0.25, 0.3) is 5.65 Å². The SMILES string of the molecule is N#Cc1ccc(Sc2nnc3ccccn23)cc1N. The fourth-order valence-electron chi connectivity index (χ4n) is 1.70. The highest BCUT2D eigenvalue weighted by Gasteiger charge is 2.08. The van der Waals surface area contributed by atoms with Crippen molar-refractivity contribution in [3.63, 3.8) is 0 Å². The standard InChI is InChI=1S/C13H9N5S/c14-8-9-4-5-10(7-11(9)15)19-13-17-16-12-3-1-2-6-18(12)13/h1-7H,15H2. The van der Waals surface area contributed by atoms with Crippen LogP contribution in [0.2, 0.25) is 0 Å². The van der Waals surface area contributed by atoms with E-state index in [1.54, 1.807) is 12.1 Å². The zero-order valence-electron chi connectivity index (χ0n) is 9.82. The first-order valence-corrected chi connectivity index (χ1v) is 6.37. The quantitative estimate of drug-likeness (QED) is 0.721. The van der Waals surface area contributed by atoms with Crippen LogP contribution in [-0.4, -0.2) is 14.6 Å². The van der Waals surface area contributed by atoms with Crippen molar-refractivity contribution in [1.82, 2.24) is 14.6 Å². The maximum Gasteiger partial charge on any atom is 0.200 e. The summed E-state index contributed by atoms with van der Waals surface area (Å²) in [5, 5.41) is 17.8. The van der Waals surface area contributed by atoms with E-state index in [4.69, 9.17) is 11.0 Å². The van der Waals surface area contributed by atoms with Crippen LogP contribution in [0.1, 0.15) is 5.56 Å². The Balaban J connectivity index is 1.97. The van der Waals surface area contributed by atoms with Gasteiger partial charge in [0.15, 0.2) is 10.8 Å². The minimum atomic E-state index is 0.473. The summed E-state index contributed by atoms with van der Waals surface area (Å²) < 4.78 is 1.90. The molecule has 3 aromatic rings. The van der Waals surface area contributed by atoms with Gasteiger partial charge in [-0.1, -0.05) is 6.07 Å². The predicted molar refractivity (Wildman–Crippen MR) is 72.7 cm³/mol. The van der Waals surface area contributed by atoms with Gasteiger partial charge in [-0.05, 0) is 42.1 Å². The molecule has 0 fully saturated rings. The molecule has 0 aliphatic rings. The Hall–Kier alpha value is -2.52. The van der Waals surface area contributed by atoms with Crippen LogP contribution in [0.15, 0.2) is 52.6 Å². The van der Waals surface area contributed by atoms with Crippen LogP contribution >= 0.6 is 11.8 Å². The minimum absolute atomic E-state index is 0.473. The van der Waals surface area contributed by atoms with E-state index in [0.717, 1.165) is 15.7 Å². The van der Waals surface area contributed by atoms with Gasteiger partial charge < -0.3 is 5.73 Å². The lowest BCUT2D eigenvalue weighted by Gasteiger charge is -2.02. The average molecular weight is 267 g/mol. The van der Waals surface area contributed by atoms with Gasteiger partial charge >= 0.3 is 0 Å². The number of hydrogen-bond donors (Lipinski definition) is 1. The molecule has 0 unspecified atom stereocenters. The number of fused-ring (bicyclic) bond motifs is 1. The normalized spacial score (nSPS) is 10.5. The molecule has 2 N–H and O–H groups in total. The summed E-state index contributed by atoms with van der Waals surface area (Å²) in [4.78, 5) is 0.926. The summed E-state index contributed by atoms with van der Waals surface area (Å²) >= 11 is 1.46. The lowest BCUT2D eigenvalue weighted by Crippen LogP contribution is -1.91. The minimum Gasteiger partial charge on any atom is -0.398 e. The summed E-state index contributed by atoms with van der Waals surface area (Å²) in [7, 11) is 0. The van der Waals surface area contributed by atoms with E-state index in [-0.39, 0.29) is 0 Å². The third-order valence-corrected chi connectivity index (χ3v) is 3.59. The van der Waals surface area contributed by atoms with E-state index >= 15 is 0 Å². The van der Waals surface area contributed by atoms with Gasteiger partial charge in [-0.15, -0.1) is 10.2 Å². The molecule has 0 aliphatic carbocycles. The monoisotopic (exact) mass is 267 g/mol. The highest BCUT2D eigenvalue weighted by atomic mass is 32.2. The zero-order valence-corrected chi connectivity index (χ0v) is 10.6. The number of pyridine rings is 1. The van der Waals surface area contributed by atoms with Crippen LogP contribution in [0.5, 0.6) is 0 Å². The molecule has 0 spiro atoms. The predicted octanol–water partition coefficient (Wildman–Crippen LogP) is 2.33. The maximum absolute atomic E-state index is 8.84. The second-order valence-electron chi connectivity index (χ2n) is 3.87. The average Bonchev–Trinajstić information content (AvgIpc) is 2.83. The number of aromatic nitrogens is 3. The van der Waals surface area contributed by atoms with Gasteiger partial charge in [0.2, 0.25) is 0 Å². The molecule has 0 atom stereocenters. The number of rotatable bonds is 2. The van der Waals surface area contributed by atoms with E-state index in [0.29, 0.717) is 11.3 Å². The number of nitrogen functional groups attached to an aromatic ring is 1. The van der Waals surface area contributed by atoms with Gasteiger partial charge in [-0.2, -0.15) is 5.26 Å². The molecule has 92 valence electrons. The molecule has 0 amide bonds. The van der Waals surface area contributed by atoms with E-state index < -0.39 is 0 Å². The fraction of sp³-hybridized carbons (Fsp3) is 0. The van der Waals surface area contributed by atoms with E-state index in [1.807, 2.05) is 40.9 Å². The zero-order chi connectivity index (χ0) is 13.2. The summed E-state index contributed by atoms with van der Waals surface area (Å²) in [6.07, 6.45) is 1.91. The first-order chi connectivity index (χ1) is 9.28. The van der Waals surface area contributed by atoms with Crippen molar-refractivity contribution in [3.05, 3.63) is 48.2 Å². The van der Waals surface area contributed by atoms with Crippen molar-refractivity contribution in [2.75, 3.05) is 5.73 Å². The van der Waals surface area contributed by atoms with Crippen LogP contribution in [0, 0.1) is 11.3 Å². The number of nitrogens with zero attached hydrogens (tertiary/aromatic N) is 4. The first-order valence-electron chi connectivity index (χ1n) is 5.55. The topological polar surface area (TPSA) is 80.0 Å². The smallest absolute Gasteiger partial charge is 0.200 e. The third-order valence-electron chi connectivity index (χ3n) is 2.64. The number of anilines is 1. The highest BCUT2D eigenvalue weighted by molar-refractivity contribution is 7.99. The Labute approximate surface area is 113 Å². The molecule has 0 radical (unpaired) electrons. The van der Waals surface area contributed by atoms with Gasteiger partial charge in [0.25, 0.3) is 0 Å². The van der Waals surface area contributed by atoms with Crippen molar-refractivity contribution in [2.45, 2.75) is 10.1 Å². The first kappa shape index (κ1) is 11.6. The van der Waals surface area contributed by atoms with E-state index in [2.05, 4.69) is 10.2 Å². The Kier molecular flexibility index (Phi) is 2.82. The van der Waals surface area contributed by atoms with Gasteiger partial charge in [-0.25, -0.2) is 0 Å². The van der Waals surface area contributed by atoms with Crippen molar-refractivity contribution in [2.24, 2.45) is 0 Å². The van der Waals surface area contributed by atoms with Crippen molar-refractivity contribution in [3.8, 4) is 6.07 Å². The second-order valence-corrected chi connectivity index (χ2v) is 4.92. The summed E-state index contributed by atoms with van der Waals surface area (Å²) in [5.41, 5.74) is 7.55. The number of benzene rings is 1. The van der Waals surface area contributed by atoms with Gasteiger partial charge in [0.1, 0.15) is 6.07 Å². The molecule has 5 nitrogen and oxygen atoms in total. The molecule has 2 heterocycles. The number of nitriles is 1.